The first-order chi connectivity index (χ1) is 6.59. The molecule has 0 aromatic heterocycles. The van der Waals surface area contributed by atoms with Gasteiger partial charge in [0.1, 0.15) is 0 Å². The summed E-state index contributed by atoms with van der Waals surface area (Å²) in [5.41, 5.74) is 1.33. The predicted molar refractivity (Wildman–Crippen MR) is 65.3 cm³/mol. The lowest BCUT2D eigenvalue weighted by Gasteiger charge is -2.17. The summed E-state index contributed by atoms with van der Waals surface area (Å²) in [5.74, 6) is 0.686. The SMILES string of the molecule is CC(C)[C@H](C)NCc1ccc(Br)cc1. The van der Waals surface area contributed by atoms with E-state index >= 15 is 0 Å². The van der Waals surface area contributed by atoms with E-state index in [1.54, 1.807) is 0 Å². The van der Waals surface area contributed by atoms with Crippen LogP contribution in [0.4, 0.5) is 0 Å². The molecule has 0 heterocycles. The van der Waals surface area contributed by atoms with Gasteiger partial charge in [0.05, 0.1) is 0 Å². The minimum Gasteiger partial charge on any atom is -0.310 e. The van der Waals surface area contributed by atoms with E-state index in [1.807, 2.05) is 0 Å². The molecule has 1 rings (SSSR count). The highest BCUT2D eigenvalue weighted by molar-refractivity contribution is 9.10. The lowest BCUT2D eigenvalue weighted by atomic mass is 10.1. The summed E-state index contributed by atoms with van der Waals surface area (Å²) in [7, 11) is 0. The first-order valence-electron chi connectivity index (χ1n) is 5.07. The molecule has 1 N–H and O–H groups in total. The first kappa shape index (κ1) is 11.7. The fourth-order valence-corrected chi connectivity index (χ4v) is 1.38. The number of hydrogen-bond acceptors (Lipinski definition) is 1. The molecule has 1 aromatic carbocycles. The van der Waals surface area contributed by atoms with Crippen molar-refractivity contribution in [1.29, 1.82) is 0 Å². The second kappa shape index (κ2) is 5.52. The van der Waals surface area contributed by atoms with Crippen molar-refractivity contribution in [2.45, 2.75) is 33.4 Å². The third-order valence-corrected chi connectivity index (χ3v) is 3.07. The van der Waals surface area contributed by atoms with E-state index in [4.69, 9.17) is 0 Å². The van der Waals surface area contributed by atoms with Gasteiger partial charge >= 0.3 is 0 Å². The van der Waals surface area contributed by atoms with Crippen molar-refractivity contribution >= 4 is 15.9 Å². The average Bonchev–Trinajstić information content (AvgIpc) is 2.16. The first-order valence-corrected chi connectivity index (χ1v) is 5.86. The van der Waals surface area contributed by atoms with Crippen LogP contribution in [0.15, 0.2) is 28.7 Å². The van der Waals surface area contributed by atoms with Crippen molar-refractivity contribution < 1.29 is 0 Å². The Morgan fingerprint density at radius 3 is 2.21 bits per heavy atom. The Bertz CT molecular complexity index is 266. The lowest BCUT2D eigenvalue weighted by molar-refractivity contribution is 0.426. The van der Waals surface area contributed by atoms with Crippen molar-refractivity contribution in [1.82, 2.24) is 5.32 Å². The number of hydrogen-bond donors (Lipinski definition) is 1. The fraction of sp³-hybridized carbons (Fsp3) is 0.500. The van der Waals surface area contributed by atoms with Crippen molar-refractivity contribution in [2.75, 3.05) is 0 Å². The zero-order valence-corrected chi connectivity index (χ0v) is 10.6. The minimum absolute atomic E-state index is 0.568. The maximum Gasteiger partial charge on any atom is 0.0208 e. The summed E-state index contributed by atoms with van der Waals surface area (Å²) >= 11 is 3.43. The third kappa shape index (κ3) is 3.81. The van der Waals surface area contributed by atoms with E-state index < -0.39 is 0 Å². The number of nitrogens with one attached hydrogen (secondary N) is 1. The quantitative estimate of drug-likeness (QED) is 0.868. The van der Waals surface area contributed by atoms with Crippen molar-refractivity contribution in [3.8, 4) is 0 Å². The Balaban J connectivity index is 2.42. The maximum atomic E-state index is 3.50. The Morgan fingerprint density at radius 1 is 1.14 bits per heavy atom. The van der Waals surface area contributed by atoms with E-state index in [1.165, 1.54) is 5.56 Å². The third-order valence-electron chi connectivity index (χ3n) is 2.54. The molecule has 2 heteroatoms. The van der Waals surface area contributed by atoms with Crippen LogP contribution >= 0.6 is 15.9 Å². The predicted octanol–water partition coefficient (Wildman–Crippen LogP) is 3.58. The Kier molecular flexibility index (Phi) is 4.63. The van der Waals surface area contributed by atoms with E-state index in [9.17, 15) is 0 Å². The molecule has 1 aromatic rings. The summed E-state index contributed by atoms with van der Waals surface area (Å²) in [6, 6.07) is 9.01. The second-order valence-corrected chi connectivity index (χ2v) is 4.96. The second-order valence-electron chi connectivity index (χ2n) is 4.04. The zero-order valence-electron chi connectivity index (χ0n) is 9.05. The topological polar surface area (TPSA) is 12.0 Å². The zero-order chi connectivity index (χ0) is 10.6. The molecule has 0 spiro atoms. The largest absolute Gasteiger partial charge is 0.310 e. The van der Waals surface area contributed by atoms with E-state index in [0.717, 1.165) is 11.0 Å². The number of halogens is 1. The summed E-state index contributed by atoms with van der Waals surface area (Å²) in [6.45, 7) is 7.65. The Labute approximate surface area is 95.0 Å². The average molecular weight is 256 g/mol. The molecule has 0 aliphatic carbocycles. The summed E-state index contributed by atoms with van der Waals surface area (Å²) in [6.07, 6.45) is 0. The van der Waals surface area contributed by atoms with Gasteiger partial charge in [-0.1, -0.05) is 41.9 Å². The van der Waals surface area contributed by atoms with Gasteiger partial charge in [0.25, 0.3) is 0 Å². The van der Waals surface area contributed by atoms with Crippen LogP contribution in [0.5, 0.6) is 0 Å². The van der Waals surface area contributed by atoms with Gasteiger partial charge in [-0.05, 0) is 30.5 Å². The summed E-state index contributed by atoms with van der Waals surface area (Å²) < 4.78 is 1.14. The highest BCUT2D eigenvalue weighted by Gasteiger charge is 2.05. The van der Waals surface area contributed by atoms with Gasteiger partial charge < -0.3 is 5.32 Å². The van der Waals surface area contributed by atoms with Crippen molar-refractivity contribution in [2.24, 2.45) is 5.92 Å². The van der Waals surface area contributed by atoms with Gasteiger partial charge in [-0.3, -0.25) is 0 Å². The van der Waals surface area contributed by atoms with Crippen LogP contribution in [0.2, 0.25) is 0 Å². The normalized spacial score (nSPS) is 13.2. The van der Waals surface area contributed by atoms with E-state index in [2.05, 4.69) is 66.3 Å². The molecule has 0 bridgehead atoms. The molecule has 0 saturated heterocycles. The molecule has 1 nitrogen and oxygen atoms in total. The van der Waals surface area contributed by atoms with E-state index in [-0.39, 0.29) is 0 Å². The van der Waals surface area contributed by atoms with Crippen molar-refractivity contribution in [3.05, 3.63) is 34.3 Å². The van der Waals surface area contributed by atoms with Crippen LogP contribution in [0.25, 0.3) is 0 Å². The molecular weight excluding hydrogens is 238 g/mol. The van der Waals surface area contributed by atoms with Crippen LogP contribution in [0, 0.1) is 5.92 Å². The van der Waals surface area contributed by atoms with Crippen LogP contribution < -0.4 is 5.32 Å². The monoisotopic (exact) mass is 255 g/mol. The number of benzene rings is 1. The van der Waals surface area contributed by atoms with Crippen LogP contribution in [0.3, 0.4) is 0 Å². The molecular formula is C12H18BrN. The van der Waals surface area contributed by atoms with Crippen LogP contribution in [0.1, 0.15) is 26.3 Å². The standard InChI is InChI=1S/C12H18BrN/c1-9(2)10(3)14-8-11-4-6-12(13)7-5-11/h4-7,9-10,14H,8H2,1-3H3/t10-/m0/s1. The van der Waals surface area contributed by atoms with Crippen LogP contribution in [-0.4, -0.2) is 6.04 Å². The lowest BCUT2D eigenvalue weighted by Crippen LogP contribution is -2.30. The maximum absolute atomic E-state index is 3.50. The highest BCUT2D eigenvalue weighted by atomic mass is 79.9. The van der Waals surface area contributed by atoms with Gasteiger partial charge in [-0.2, -0.15) is 0 Å². The molecule has 0 amide bonds. The highest BCUT2D eigenvalue weighted by Crippen LogP contribution is 2.10. The number of rotatable bonds is 4. The van der Waals surface area contributed by atoms with E-state index in [0.29, 0.717) is 12.0 Å². The van der Waals surface area contributed by atoms with Crippen LogP contribution in [-0.2, 0) is 6.54 Å². The van der Waals surface area contributed by atoms with Gasteiger partial charge in [0.15, 0.2) is 0 Å². The molecule has 0 radical (unpaired) electrons. The minimum atomic E-state index is 0.568. The molecule has 0 fully saturated rings. The fourth-order valence-electron chi connectivity index (χ4n) is 1.12. The smallest absolute Gasteiger partial charge is 0.0208 e. The molecule has 14 heavy (non-hydrogen) atoms. The molecule has 1 atom stereocenters. The summed E-state index contributed by atoms with van der Waals surface area (Å²) in [5, 5.41) is 3.50. The molecule has 78 valence electrons. The molecule has 0 aliphatic rings. The van der Waals surface area contributed by atoms with Crippen molar-refractivity contribution in [3.63, 3.8) is 0 Å². The van der Waals surface area contributed by atoms with Gasteiger partial charge in [0.2, 0.25) is 0 Å². The van der Waals surface area contributed by atoms with Gasteiger partial charge in [-0.15, -0.1) is 0 Å². The molecule has 0 saturated carbocycles. The summed E-state index contributed by atoms with van der Waals surface area (Å²) in [4.78, 5) is 0. The molecule has 0 aliphatic heterocycles. The van der Waals surface area contributed by atoms with Gasteiger partial charge in [-0.25, -0.2) is 0 Å². The Hall–Kier alpha value is -0.340. The van der Waals surface area contributed by atoms with Gasteiger partial charge in [0, 0.05) is 17.1 Å². The molecule has 0 unspecified atom stereocenters. The Morgan fingerprint density at radius 2 is 1.71 bits per heavy atom.